The third-order valence-corrected chi connectivity index (χ3v) is 5.42. The molecule has 0 aromatic heterocycles. The molecule has 5 nitrogen and oxygen atoms in total. The summed E-state index contributed by atoms with van der Waals surface area (Å²) in [6.45, 7) is 0. The number of rotatable bonds is 6. The molecule has 0 spiro atoms. The van der Waals surface area contributed by atoms with Gasteiger partial charge < -0.3 is 9.84 Å². The number of halogens is 3. The monoisotopic (exact) mass is 424 g/mol. The molecule has 0 bridgehead atoms. The Labute approximate surface area is 170 Å². The minimum absolute atomic E-state index is 0.0195. The van der Waals surface area contributed by atoms with Gasteiger partial charge in [0.25, 0.3) is 11.6 Å². The number of hydrogen-bond acceptors (Lipinski definition) is 5. The molecule has 1 amide bonds. The van der Waals surface area contributed by atoms with Crippen molar-refractivity contribution in [2.24, 2.45) is 5.10 Å². The predicted octanol–water partition coefficient (Wildman–Crippen LogP) is 3.82. The van der Waals surface area contributed by atoms with Crippen LogP contribution in [0.25, 0.3) is 0 Å². The molecule has 1 N–H and O–H groups in total. The molecule has 29 heavy (non-hydrogen) atoms. The van der Waals surface area contributed by atoms with Crippen molar-refractivity contribution in [3.8, 4) is 5.75 Å². The molecule has 0 unspecified atom stereocenters. The Bertz CT molecular complexity index is 888. The Kier molecular flexibility index (Phi) is 6.18. The van der Waals surface area contributed by atoms with E-state index in [0.29, 0.717) is 17.1 Å². The highest BCUT2D eigenvalue weighted by molar-refractivity contribution is 7.99. The number of ether oxygens (including phenoxy) is 1. The predicted molar refractivity (Wildman–Crippen MR) is 105 cm³/mol. The lowest BCUT2D eigenvalue weighted by molar-refractivity contribution is -0.301. The van der Waals surface area contributed by atoms with Crippen molar-refractivity contribution >= 4 is 23.4 Å². The maximum absolute atomic E-state index is 13.6. The van der Waals surface area contributed by atoms with Crippen LogP contribution < -0.4 is 4.74 Å². The second kappa shape index (κ2) is 8.46. The number of benzene rings is 2. The fourth-order valence-corrected chi connectivity index (χ4v) is 3.69. The van der Waals surface area contributed by atoms with Gasteiger partial charge in [0.2, 0.25) is 0 Å². The van der Waals surface area contributed by atoms with Gasteiger partial charge in [-0.05, 0) is 35.4 Å². The van der Waals surface area contributed by atoms with Crippen molar-refractivity contribution < 1.29 is 27.8 Å². The second-order valence-electron chi connectivity index (χ2n) is 6.45. The maximum Gasteiger partial charge on any atom is 0.438 e. The number of nitrogens with zero attached hydrogens (tertiary/aromatic N) is 2. The Morgan fingerprint density at radius 1 is 1.21 bits per heavy atom. The first-order valence-electron chi connectivity index (χ1n) is 8.70. The smallest absolute Gasteiger partial charge is 0.438 e. The number of aliphatic hydroxyl groups is 1. The van der Waals surface area contributed by atoms with Crippen LogP contribution in [-0.2, 0) is 10.5 Å². The van der Waals surface area contributed by atoms with Gasteiger partial charge in [0, 0.05) is 5.75 Å². The number of hydrogen-bond donors (Lipinski definition) is 1. The number of alkyl halides is 3. The number of carbonyl (C=O) groups excluding carboxylic acids is 1. The van der Waals surface area contributed by atoms with Crippen molar-refractivity contribution in [3.05, 3.63) is 65.7 Å². The van der Waals surface area contributed by atoms with Crippen molar-refractivity contribution in [1.82, 2.24) is 5.01 Å². The molecular formula is C20H19F3N2O3S. The summed E-state index contributed by atoms with van der Waals surface area (Å²) in [5.41, 5.74) is -2.07. The number of methoxy groups -OCH3 is 1. The summed E-state index contributed by atoms with van der Waals surface area (Å²) in [5.74, 6) is -0.162. The molecule has 0 saturated heterocycles. The van der Waals surface area contributed by atoms with Gasteiger partial charge in [0.05, 0.1) is 25.0 Å². The minimum atomic E-state index is -5.05. The average Bonchev–Trinajstić information content (AvgIpc) is 3.08. The summed E-state index contributed by atoms with van der Waals surface area (Å²) in [4.78, 5) is 12.5. The molecule has 1 atom stereocenters. The summed E-state index contributed by atoms with van der Waals surface area (Å²) in [5, 5.41) is 14.3. The maximum atomic E-state index is 13.6. The lowest BCUT2D eigenvalue weighted by Gasteiger charge is -2.32. The van der Waals surface area contributed by atoms with Crippen LogP contribution in [0.2, 0.25) is 0 Å². The molecule has 0 aliphatic carbocycles. The zero-order valence-electron chi connectivity index (χ0n) is 15.5. The van der Waals surface area contributed by atoms with Gasteiger partial charge in [-0.1, -0.05) is 30.3 Å². The molecule has 2 aromatic rings. The van der Waals surface area contributed by atoms with Crippen LogP contribution in [0.3, 0.4) is 0 Å². The van der Waals surface area contributed by atoms with E-state index in [1.54, 1.807) is 12.1 Å². The SMILES string of the molecule is COc1ccc(C2=NN(C(=O)CSCc3ccccc3)[C@@](O)(C(F)(F)F)C2)cc1. The Morgan fingerprint density at radius 3 is 2.45 bits per heavy atom. The third-order valence-electron chi connectivity index (χ3n) is 4.44. The number of carbonyl (C=O) groups is 1. The van der Waals surface area contributed by atoms with Gasteiger partial charge in [-0.3, -0.25) is 4.79 Å². The van der Waals surface area contributed by atoms with Gasteiger partial charge >= 0.3 is 6.18 Å². The van der Waals surface area contributed by atoms with Crippen LogP contribution in [0.15, 0.2) is 59.7 Å². The van der Waals surface area contributed by atoms with Crippen LogP contribution >= 0.6 is 11.8 Å². The van der Waals surface area contributed by atoms with Crippen LogP contribution in [-0.4, -0.2) is 46.5 Å². The summed E-state index contributed by atoms with van der Waals surface area (Å²) in [7, 11) is 1.47. The second-order valence-corrected chi connectivity index (χ2v) is 7.44. The molecule has 3 rings (SSSR count). The molecule has 2 aromatic carbocycles. The van der Waals surface area contributed by atoms with E-state index in [-0.39, 0.29) is 16.5 Å². The fourth-order valence-electron chi connectivity index (χ4n) is 2.86. The van der Waals surface area contributed by atoms with Crippen molar-refractivity contribution in [2.45, 2.75) is 24.1 Å². The Morgan fingerprint density at radius 2 is 1.86 bits per heavy atom. The number of amides is 1. The van der Waals surface area contributed by atoms with E-state index in [2.05, 4.69) is 5.10 Å². The first kappa shape index (κ1) is 21.2. The van der Waals surface area contributed by atoms with E-state index in [9.17, 15) is 23.1 Å². The van der Waals surface area contributed by atoms with Gasteiger partial charge in [0.15, 0.2) is 0 Å². The van der Waals surface area contributed by atoms with Crippen LogP contribution in [0.5, 0.6) is 5.75 Å². The highest BCUT2D eigenvalue weighted by Crippen LogP contribution is 2.41. The molecule has 154 valence electrons. The highest BCUT2D eigenvalue weighted by Gasteiger charge is 2.63. The molecule has 9 heteroatoms. The summed E-state index contributed by atoms with van der Waals surface area (Å²) in [6.07, 6.45) is -5.89. The topological polar surface area (TPSA) is 62.1 Å². The molecule has 1 aliphatic rings. The van der Waals surface area contributed by atoms with E-state index >= 15 is 0 Å². The zero-order valence-corrected chi connectivity index (χ0v) is 16.3. The van der Waals surface area contributed by atoms with E-state index in [4.69, 9.17) is 4.74 Å². The van der Waals surface area contributed by atoms with E-state index in [1.165, 1.54) is 19.2 Å². The summed E-state index contributed by atoms with van der Waals surface area (Å²) >= 11 is 1.16. The molecule has 0 saturated carbocycles. The molecular weight excluding hydrogens is 405 g/mol. The van der Waals surface area contributed by atoms with Gasteiger partial charge in [-0.25, -0.2) is 0 Å². The van der Waals surface area contributed by atoms with Gasteiger partial charge in [-0.2, -0.15) is 23.3 Å². The van der Waals surface area contributed by atoms with Gasteiger partial charge in [-0.15, -0.1) is 11.8 Å². The van der Waals surface area contributed by atoms with Crippen molar-refractivity contribution in [2.75, 3.05) is 12.9 Å². The van der Waals surface area contributed by atoms with Crippen LogP contribution in [0.1, 0.15) is 17.5 Å². The average molecular weight is 424 g/mol. The largest absolute Gasteiger partial charge is 0.497 e. The quantitative estimate of drug-likeness (QED) is 0.766. The highest BCUT2D eigenvalue weighted by atomic mass is 32.2. The van der Waals surface area contributed by atoms with E-state index < -0.39 is 24.2 Å². The van der Waals surface area contributed by atoms with Crippen molar-refractivity contribution in [1.29, 1.82) is 0 Å². The number of hydrazone groups is 1. The summed E-state index contributed by atoms with van der Waals surface area (Å²) in [6, 6.07) is 15.5. The normalized spacial score (nSPS) is 19.2. The lowest BCUT2D eigenvalue weighted by Crippen LogP contribution is -2.57. The van der Waals surface area contributed by atoms with Crippen LogP contribution in [0.4, 0.5) is 13.2 Å². The Balaban J connectivity index is 1.77. The fraction of sp³-hybridized carbons (Fsp3) is 0.300. The van der Waals surface area contributed by atoms with Crippen LogP contribution in [0, 0.1) is 0 Å². The molecule has 0 fully saturated rings. The molecule has 0 radical (unpaired) electrons. The van der Waals surface area contributed by atoms with Crippen molar-refractivity contribution in [3.63, 3.8) is 0 Å². The summed E-state index contributed by atoms with van der Waals surface area (Å²) < 4.78 is 45.8. The first-order chi connectivity index (χ1) is 13.7. The Hall–Kier alpha value is -2.52. The van der Waals surface area contributed by atoms with Gasteiger partial charge in [0.1, 0.15) is 5.75 Å². The molecule has 1 heterocycles. The lowest BCUT2D eigenvalue weighted by atomic mass is 10.0. The molecule has 1 aliphatic heterocycles. The standard InChI is InChI=1S/C20H19F3N2O3S/c1-28-16-9-7-15(8-10-16)17-11-19(27,20(21,22)23)25(24-17)18(26)13-29-12-14-5-3-2-4-6-14/h2-10,27H,11-13H2,1H3/t19-/m0/s1. The minimum Gasteiger partial charge on any atom is -0.497 e. The third kappa shape index (κ3) is 4.56. The number of thioether (sulfide) groups is 1. The van der Waals surface area contributed by atoms with E-state index in [0.717, 1.165) is 17.3 Å². The van der Waals surface area contributed by atoms with E-state index in [1.807, 2.05) is 30.3 Å². The zero-order chi connectivity index (χ0) is 21.1. The first-order valence-corrected chi connectivity index (χ1v) is 9.86.